The lowest BCUT2D eigenvalue weighted by Gasteiger charge is -2.11. The van der Waals surface area contributed by atoms with Gasteiger partial charge < -0.3 is 9.84 Å². The minimum atomic E-state index is -3.73. The van der Waals surface area contributed by atoms with Gasteiger partial charge in [0, 0.05) is 3.57 Å². The molecule has 0 heterocycles. The lowest BCUT2D eigenvalue weighted by atomic mass is 10.3. The van der Waals surface area contributed by atoms with E-state index in [0.717, 1.165) is 17.0 Å². The van der Waals surface area contributed by atoms with Gasteiger partial charge in [-0.25, -0.2) is 8.42 Å². The molecule has 1 rings (SSSR count). The van der Waals surface area contributed by atoms with Crippen LogP contribution in [0.1, 0.15) is 12.8 Å². The summed E-state index contributed by atoms with van der Waals surface area (Å²) >= 11 is 6.26. The standard InChI is InChI=1S/C11H10I3NO5S/c1-21(18,19)15-9(16)2-3-10(17)20-11-7(13)4-6(12)5-8(11)14/h4-5H,2-3H2,1H3,(H,15,16)/p-1. The van der Waals surface area contributed by atoms with Gasteiger partial charge in [-0.15, -0.1) is 0 Å². The number of carbonyl (C=O) groups is 1. The Morgan fingerprint density at radius 2 is 1.76 bits per heavy atom. The van der Waals surface area contributed by atoms with Gasteiger partial charge in [-0.1, -0.05) is 0 Å². The lowest BCUT2D eigenvalue weighted by Crippen LogP contribution is -2.21. The summed E-state index contributed by atoms with van der Waals surface area (Å²) in [6, 6.07) is 3.71. The van der Waals surface area contributed by atoms with Gasteiger partial charge in [0.15, 0.2) is 5.75 Å². The van der Waals surface area contributed by atoms with E-state index in [4.69, 9.17) is 4.74 Å². The Labute approximate surface area is 163 Å². The summed E-state index contributed by atoms with van der Waals surface area (Å²) in [5, 5.41) is 11.2. The van der Waals surface area contributed by atoms with Crippen LogP contribution in [0.2, 0.25) is 0 Å². The van der Waals surface area contributed by atoms with Crippen LogP contribution in [0, 0.1) is 10.7 Å². The predicted molar refractivity (Wildman–Crippen MR) is 102 cm³/mol. The van der Waals surface area contributed by atoms with Gasteiger partial charge in [-0.2, -0.15) is 4.40 Å². The molecule has 10 heteroatoms. The number of ether oxygens (including phenoxy) is 1. The van der Waals surface area contributed by atoms with E-state index in [1.54, 1.807) is 0 Å². The van der Waals surface area contributed by atoms with Crippen LogP contribution in [0.15, 0.2) is 16.5 Å². The van der Waals surface area contributed by atoms with E-state index >= 15 is 0 Å². The normalized spacial score (nSPS) is 12.3. The van der Waals surface area contributed by atoms with Crippen LogP contribution in [0.3, 0.4) is 0 Å². The highest BCUT2D eigenvalue weighted by atomic mass is 127. The molecular weight excluding hydrogens is 639 g/mol. The fourth-order valence-electron chi connectivity index (χ4n) is 1.23. The largest absolute Gasteiger partial charge is 0.861 e. The molecule has 0 radical (unpaired) electrons. The molecule has 0 saturated heterocycles. The first kappa shape index (κ1) is 19.3. The quantitative estimate of drug-likeness (QED) is 0.160. The van der Waals surface area contributed by atoms with Crippen molar-refractivity contribution in [2.75, 3.05) is 6.26 Å². The van der Waals surface area contributed by atoms with Crippen molar-refractivity contribution in [3.05, 3.63) is 22.8 Å². The molecule has 0 spiro atoms. The van der Waals surface area contributed by atoms with Crippen LogP contribution < -0.4 is 9.84 Å². The monoisotopic (exact) mass is 648 g/mol. The first-order chi connectivity index (χ1) is 9.58. The maximum absolute atomic E-state index is 11.7. The number of nitrogens with zero attached hydrogens (tertiary/aromatic N) is 1. The molecule has 0 aliphatic heterocycles. The van der Waals surface area contributed by atoms with Gasteiger partial charge in [0.05, 0.1) is 19.8 Å². The minimum Gasteiger partial charge on any atom is -0.861 e. The number of hydrogen-bond acceptors (Lipinski definition) is 5. The number of esters is 1. The number of hydrogen-bond donors (Lipinski definition) is 0. The molecule has 0 aromatic heterocycles. The lowest BCUT2D eigenvalue weighted by molar-refractivity contribution is -0.218. The van der Waals surface area contributed by atoms with Crippen LogP contribution in [-0.4, -0.2) is 26.5 Å². The number of sulfonamides is 1. The number of rotatable bonds is 5. The van der Waals surface area contributed by atoms with Gasteiger partial charge in [0.1, 0.15) is 0 Å². The maximum atomic E-state index is 11.7. The van der Waals surface area contributed by atoms with Gasteiger partial charge in [-0.3, -0.25) is 4.79 Å². The molecular formula is C11H9I3NO5S-. The summed E-state index contributed by atoms with van der Waals surface area (Å²) < 4.78 is 32.3. The van der Waals surface area contributed by atoms with Gasteiger partial charge in [-0.05, 0) is 92.2 Å². The summed E-state index contributed by atoms with van der Waals surface area (Å²) in [4.78, 5) is 11.7. The second kappa shape index (κ2) is 8.24. The highest BCUT2D eigenvalue weighted by Crippen LogP contribution is 2.29. The molecule has 0 fully saturated rings. The number of halogens is 3. The Hall–Kier alpha value is 0.300. The average molecular weight is 648 g/mol. The third-order valence-electron chi connectivity index (χ3n) is 1.99. The molecule has 1 aromatic carbocycles. The first-order valence-electron chi connectivity index (χ1n) is 5.39. The molecule has 21 heavy (non-hydrogen) atoms. The molecule has 0 bridgehead atoms. The number of benzene rings is 1. The fraction of sp³-hybridized carbons (Fsp3) is 0.273. The number of carbonyl (C=O) groups excluding carboxylic acids is 1. The maximum Gasteiger partial charge on any atom is 0.311 e. The zero-order valence-corrected chi connectivity index (χ0v) is 17.9. The highest BCUT2D eigenvalue weighted by molar-refractivity contribution is 14.1. The Morgan fingerprint density at radius 3 is 2.24 bits per heavy atom. The molecule has 0 unspecified atom stereocenters. The van der Waals surface area contributed by atoms with Crippen LogP contribution in [0.25, 0.3) is 0 Å². The van der Waals surface area contributed by atoms with Crippen LogP contribution in [0.4, 0.5) is 0 Å². The van der Waals surface area contributed by atoms with Crippen molar-refractivity contribution in [2.45, 2.75) is 12.8 Å². The predicted octanol–water partition coefficient (Wildman–Crippen LogP) is 1.90. The molecule has 1 aromatic rings. The average Bonchev–Trinajstić information content (AvgIpc) is 2.29. The van der Waals surface area contributed by atoms with Crippen LogP contribution >= 0.6 is 67.8 Å². The molecule has 0 aliphatic rings. The molecule has 6 nitrogen and oxygen atoms in total. The second-order valence-electron chi connectivity index (χ2n) is 3.89. The van der Waals surface area contributed by atoms with Crippen molar-refractivity contribution in [3.63, 3.8) is 0 Å². The van der Waals surface area contributed by atoms with Gasteiger partial charge in [0.2, 0.25) is 10.0 Å². The van der Waals surface area contributed by atoms with Gasteiger partial charge in [0.25, 0.3) is 0 Å². The molecule has 0 saturated carbocycles. The van der Waals surface area contributed by atoms with E-state index < -0.39 is 21.9 Å². The zero-order valence-electron chi connectivity index (χ0n) is 10.6. The Bertz CT molecular complexity index is 664. The van der Waals surface area contributed by atoms with Crippen LogP contribution in [-0.2, 0) is 14.8 Å². The van der Waals surface area contributed by atoms with E-state index in [0.29, 0.717) is 5.75 Å². The molecule has 0 amide bonds. The Morgan fingerprint density at radius 1 is 1.24 bits per heavy atom. The zero-order chi connectivity index (χ0) is 16.2. The summed E-state index contributed by atoms with van der Waals surface area (Å²) in [5.41, 5.74) is 0. The van der Waals surface area contributed by atoms with Crippen LogP contribution in [0.5, 0.6) is 5.75 Å². The molecule has 0 N–H and O–H groups in total. The van der Waals surface area contributed by atoms with Gasteiger partial charge >= 0.3 is 5.97 Å². The summed E-state index contributed by atoms with van der Waals surface area (Å²) in [6.45, 7) is 0. The van der Waals surface area contributed by atoms with Crippen molar-refractivity contribution in [1.29, 1.82) is 0 Å². The van der Waals surface area contributed by atoms with E-state index in [2.05, 4.69) is 72.2 Å². The SMILES string of the molecule is CS(=O)(=O)/N=C(/[O-])CCC(=O)Oc1c(I)cc(I)cc1I. The van der Waals surface area contributed by atoms with Crippen molar-refractivity contribution in [1.82, 2.24) is 0 Å². The van der Waals surface area contributed by atoms with E-state index in [1.807, 2.05) is 12.1 Å². The summed E-state index contributed by atoms with van der Waals surface area (Å²) in [7, 11) is -3.73. The van der Waals surface area contributed by atoms with E-state index in [-0.39, 0.29) is 12.8 Å². The van der Waals surface area contributed by atoms with Crippen molar-refractivity contribution < 1.29 is 23.1 Å². The third kappa shape index (κ3) is 7.40. The van der Waals surface area contributed by atoms with Crippen molar-refractivity contribution in [2.24, 2.45) is 4.40 Å². The smallest absolute Gasteiger partial charge is 0.311 e. The topological polar surface area (TPSA) is 95.9 Å². The molecule has 0 aliphatic carbocycles. The minimum absolute atomic E-state index is 0.226. The summed E-state index contributed by atoms with van der Waals surface area (Å²) in [5.74, 6) is -1.03. The first-order valence-corrected chi connectivity index (χ1v) is 10.5. The van der Waals surface area contributed by atoms with E-state index in [9.17, 15) is 18.3 Å². The van der Waals surface area contributed by atoms with Crippen molar-refractivity contribution >= 4 is 89.7 Å². The van der Waals surface area contributed by atoms with E-state index in [1.165, 1.54) is 0 Å². The Kier molecular flexibility index (Phi) is 7.59. The summed E-state index contributed by atoms with van der Waals surface area (Å²) in [6.07, 6.45) is 0.291. The second-order valence-corrected chi connectivity index (χ2v) is 9.11. The molecule has 116 valence electrons. The fourth-order valence-corrected chi connectivity index (χ4v) is 5.49. The third-order valence-corrected chi connectivity index (χ3v) is 4.75. The van der Waals surface area contributed by atoms with Crippen molar-refractivity contribution in [3.8, 4) is 5.75 Å². The molecule has 0 atom stereocenters. The highest BCUT2D eigenvalue weighted by Gasteiger charge is 2.13. The Balaban J connectivity index is 2.70.